The minimum atomic E-state index is -0.454. The molecule has 1 saturated heterocycles. The Labute approximate surface area is 109 Å². The minimum absolute atomic E-state index is 0.272. The van der Waals surface area contributed by atoms with E-state index < -0.39 is 6.10 Å². The van der Waals surface area contributed by atoms with Crippen molar-refractivity contribution in [3.05, 3.63) is 28.8 Å². The van der Waals surface area contributed by atoms with Gasteiger partial charge in [0.2, 0.25) is 0 Å². The van der Waals surface area contributed by atoms with Crippen LogP contribution in [0, 0.1) is 19.8 Å². The zero-order valence-electron chi connectivity index (χ0n) is 11.4. The van der Waals surface area contributed by atoms with Gasteiger partial charge in [-0.15, -0.1) is 0 Å². The van der Waals surface area contributed by atoms with Crippen molar-refractivity contribution in [1.29, 1.82) is 0 Å². The van der Waals surface area contributed by atoms with Crippen molar-refractivity contribution in [2.75, 3.05) is 20.3 Å². The molecule has 100 valence electrons. The van der Waals surface area contributed by atoms with Gasteiger partial charge in [0.05, 0.1) is 13.2 Å². The van der Waals surface area contributed by atoms with Crippen LogP contribution in [0.5, 0.6) is 5.75 Å². The molecule has 1 aliphatic rings. The number of aryl methyl sites for hydroxylation is 2. The Morgan fingerprint density at radius 1 is 1.28 bits per heavy atom. The molecule has 3 heteroatoms. The Kier molecular flexibility index (Phi) is 4.25. The van der Waals surface area contributed by atoms with Crippen molar-refractivity contribution < 1.29 is 14.6 Å². The molecule has 0 bridgehead atoms. The van der Waals surface area contributed by atoms with Gasteiger partial charge in [0.25, 0.3) is 0 Å². The molecule has 1 fully saturated rings. The maximum Gasteiger partial charge on any atom is 0.125 e. The van der Waals surface area contributed by atoms with E-state index in [0.29, 0.717) is 0 Å². The van der Waals surface area contributed by atoms with Crippen LogP contribution in [0.1, 0.15) is 35.6 Å². The predicted octanol–water partition coefficient (Wildman–Crippen LogP) is 2.77. The molecule has 0 spiro atoms. The highest BCUT2D eigenvalue weighted by atomic mass is 16.5. The third-order valence-electron chi connectivity index (χ3n) is 3.72. The molecule has 18 heavy (non-hydrogen) atoms. The summed E-state index contributed by atoms with van der Waals surface area (Å²) in [4.78, 5) is 0. The summed E-state index contributed by atoms with van der Waals surface area (Å²) in [7, 11) is 1.66. The van der Waals surface area contributed by atoms with Crippen LogP contribution in [-0.2, 0) is 4.74 Å². The fraction of sp³-hybridized carbons (Fsp3) is 0.600. The second kappa shape index (κ2) is 5.72. The maximum atomic E-state index is 10.6. The molecule has 0 aromatic heterocycles. The molecule has 0 radical (unpaired) electrons. The summed E-state index contributed by atoms with van der Waals surface area (Å²) in [6.07, 6.45) is 1.37. The summed E-state index contributed by atoms with van der Waals surface area (Å²) < 4.78 is 10.8. The topological polar surface area (TPSA) is 38.7 Å². The molecule has 0 aliphatic carbocycles. The van der Waals surface area contributed by atoms with Gasteiger partial charge in [-0.25, -0.2) is 0 Å². The molecular formula is C15H22O3. The Bertz CT molecular complexity index is 408. The van der Waals surface area contributed by atoms with E-state index >= 15 is 0 Å². The first kappa shape index (κ1) is 13.4. The minimum Gasteiger partial charge on any atom is -0.496 e. The highest BCUT2D eigenvalue weighted by Crippen LogP contribution is 2.37. The van der Waals surface area contributed by atoms with E-state index in [-0.39, 0.29) is 5.92 Å². The van der Waals surface area contributed by atoms with Crippen LogP contribution >= 0.6 is 0 Å². The second-order valence-corrected chi connectivity index (χ2v) is 5.09. The number of rotatable bonds is 3. The third-order valence-corrected chi connectivity index (χ3v) is 3.72. The number of benzene rings is 1. The molecule has 1 aromatic carbocycles. The van der Waals surface area contributed by atoms with Gasteiger partial charge >= 0.3 is 0 Å². The van der Waals surface area contributed by atoms with Crippen molar-refractivity contribution in [3.63, 3.8) is 0 Å². The standard InChI is InChI=1S/C15H22O3/c1-10-8-11(2)14(13(9-10)17-3)15(16)12-4-6-18-7-5-12/h8-9,12,15-16H,4-7H2,1-3H3. The summed E-state index contributed by atoms with van der Waals surface area (Å²) in [5, 5.41) is 10.6. The van der Waals surface area contributed by atoms with Crippen LogP contribution in [0.2, 0.25) is 0 Å². The number of aliphatic hydroxyl groups is 1. The number of ether oxygens (including phenoxy) is 2. The lowest BCUT2D eigenvalue weighted by atomic mass is 9.86. The first-order valence-corrected chi connectivity index (χ1v) is 6.54. The van der Waals surface area contributed by atoms with Gasteiger partial charge in [0.15, 0.2) is 0 Å². The fourth-order valence-electron chi connectivity index (χ4n) is 2.75. The monoisotopic (exact) mass is 250 g/mol. The van der Waals surface area contributed by atoms with Crippen LogP contribution in [0.25, 0.3) is 0 Å². The molecular weight excluding hydrogens is 228 g/mol. The van der Waals surface area contributed by atoms with Gasteiger partial charge in [-0.05, 0) is 49.8 Å². The zero-order valence-corrected chi connectivity index (χ0v) is 11.4. The van der Waals surface area contributed by atoms with Crippen molar-refractivity contribution in [2.24, 2.45) is 5.92 Å². The number of aliphatic hydroxyl groups excluding tert-OH is 1. The van der Waals surface area contributed by atoms with Gasteiger partial charge in [0, 0.05) is 18.8 Å². The number of hydrogen-bond donors (Lipinski definition) is 1. The van der Waals surface area contributed by atoms with Gasteiger partial charge in [0.1, 0.15) is 5.75 Å². The average molecular weight is 250 g/mol. The highest BCUT2D eigenvalue weighted by molar-refractivity contribution is 5.44. The molecule has 1 heterocycles. The van der Waals surface area contributed by atoms with Crippen molar-refractivity contribution >= 4 is 0 Å². The summed E-state index contributed by atoms with van der Waals surface area (Å²) in [6.45, 7) is 5.57. The van der Waals surface area contributed by atoms with E-state index in [1.54, 1.807) is 7.11 Å². The quantitative estimate of drug-likeness (QED) is 0.896. The molecule has 1 unspecified atom stereocenters. The van der Waals surface area contributed by atoms with E-state index in [1.165, 1.54) is 0 Å². The fourth-order valence-corrected chi connectivity index (χ4v) is 2.75. The van der Waals surface area contributed by atoms with Crippen molar-refractivity contribution in [2.45, 2.75) is 32.8 Å². The third kappa shape index (κ3) is 2.68. The van der Waals surface area contributed by atoms with E-state index in [2.05, 4.69) is 6.07 Å². The van der Waals surface area contributed by atoms with Gasteiger partial charge in [-0.3, -0.25) is 0 Å². The zero-order chi connectivity index (χ0) is 13.1. The lowest BCUT2D eigenvalue weighted by Crippen LogP contribution is -2.23. The normalized spacial score (nSPS) is 18.7. The smallest absolute Gasteiger partial charge is 0.125 e. The Morgan fingerprint density at radius 2 is 1.94 bits per heavy atom. The first-order valence-electron chi connectivity index (χ1n) is 6.54. The first-order chi connectivity index (χ1) is 8.63. The Morgan fingerprint density at radius 3 is 2.56 bits per heavy atom. The Balaban J connectivity index is 2.30. The Hall–Kier alpha value is -1.06. The van der Waals surface area contributed by atoms with Crippen LogP contribution in [-0.4, -0.2) is 25.4 Å². The lowest BCUT2D eigenvalue weighted by Gasteiger charge is -2.29. The molecule has 1 aromatic rings. The van der Waals surface area contributed by atoms with Crippen molar-refractivity contribution in [3.8, 4) is 5.75 Å². The highest BCUT2D eigenvalue weighted by Gasteiger charge is 2.27. The molecule has 1 aliphatic heterocycles. The summed E-state index contributed by atoms with van der Waals surface area (Å²) in [5.41, 5.74) is 3.20. The summed E-state index contributed by atoms with van der Waals surface area (Å²) in [5.74, 6) is 1.07. The van der Waals surface area contributed by atoms with Crippen LogP contribution in [0.15, 0.2) is 12.1 Å². The molecule has 0 amide bonds. The van der Waals surface area contributed by atoms with Gasteiger partial charge < -0.3 is 14.6 Å². The van der Waals surface area contributed by atoms with Crippen LogP contribution in [0.3, 0.4) is 0 Å². The summed E-state index contributed by atoms with van der Waals surface area (Å²) in [6, 6.07) is 4.09. The lowest BCUT2D eigenvalue weighted by molar-refractivity contribution is 0.00612. The second-order valence-electron chi connectivity index (χ2n) is 5.09. The van der Waals surface area contributed by atoms with Crippen LogP contribution in [0.4, 0.5) is 0 Å². The molecule has 3 nitrogen and oxygen atoms in total. The van der Waals surface area contributed by atoms with E-state index in [4.69, 9.17) is 9.47 Å². The SMILES string of the molecule is COc1cc(C)cc(C)c1C(O)C1CCOCC1. The molecule has 2 rings (SSSR count). The van der Waals surface area contributed by atoms with Crippen molar-refractivity contribution in [1.82, 2.24) is 0 Å². The van der Waals surface area contributed by atoms with E-state index in [9.17, 15) is 5.11 Å². The van der Waals surface area contributed by atoms with E-state index in [0.717, 1.165) is 48.5 Å². The largest absolute Gasteiger partial charge is 0.496 e. The van der Waals surface area contributed by atoms with E-state index in [1.807, 2.05) is 19.9 Å². The number of hydrogen-bond acceptors (Lipinski definition) is 3. The average Bonchev–Trinajstić information content (AvgIpc) is 2.38. The predicted molar refractivity (Wildman–Crippen MR) is 71.0 cm³/mol. The maximum absolute atomic E-state index is 10.6. The molecule has 1 N–H and O–H groups in total. The molecule has 1 atom stereocenters. The summed E-state index contributed by atoms with van der Waals surface area (Å²) >= 11 is 0. The van der Waals surface area contributed by atoms with Gasteiger partial charge in [-0.1, -0.05) is 6.07 Å². The number of methoxy groups -OCH3 is 1. The van der Waals surface area contributed by atoms with Gasteiger partial charge in [-0.2, -0.15) is 0 Å². The van der Waals surface area contributed by atoms with Crippen LogP contribution < -0.4 is 4.74 Å². The molecule has 0 saturated carbocycles.